The van der Waals surface area contributed by atoms with Crippen molar-refractivity contribution in [3.8, 4) is 16.9 Å². The molecule has 2 heterocycles. The maximum absolute atomic E-state index is 13.0. The van der Waals surface area contributed by atoms with E-state index in [2.05, 4.69) is 29.7 Å². The first-order chi connectivity index (χ1) is 12.0. The number of hydrogen-bond donors (Lipinski definition) is 0. The SMILES string of the molecule is COc1ccc(-c2cc3c4cc(C)ccc4n(C)c3n(C)c2=O)cc1. The first-order valence-corrected chi connectivity index (χ1v) is 8.24. The summed E-state index contributed by atoms with van der Waals surface area (Å²) in [5, 5.41) is 2.26. The summed E-state index contributed by atoms with van der Waals surface area (Å²) >= 11 is 0. The molecule has 4 rings (SSSR count). The fourth-order valence-corrected chi connectivity index (χ4v) is 3.58. The van der Waals surface area contributed by atoms with Crippen molar-refractivity contribution in [2.24, 2.45) is 14.1 Å². The summed E-state index contributed by atoms with van der Waals surface area (Å²) in [6.45, 7) is 2.09. The first kappa shape index (κ1) is 15.5. The molecule has 0 radical (unpaired) electrons. The maximum atomic E-state index is 13.0. The second-order valence-corrected chi connectivity index (χ2v) is 6.47. The smallest absolute Gasteiger partial charge is 0.259 e. The van der Waals surface area contributed by atoms with Crippen molar-refractivity contribution in [2.75, 3.05) is 7.11 Å². The number of nitrogens with zero attached hydrogens (tertiary/aromatic N) is 2. The summed E-state index contributed by atoms with van der Waals surface area (Å²) in [6, 6.07) is 16.0. The van der Waals surface area contributed by atoms with Crippen LogP contribution in [0.2, 0.25) is 0 Å². The lowest BCUT2D eigenvalue weighted by molar-refractivity contribution is 0.415. The molecule has 4 nitrogen and oxygen atoms in total. The third-order valence-electron chi connectivity index (χ3n) is 4.90. The van der Waals surface area contributed by atoms with Crippen molar-refractivity contribution >= 4 is 21.9 Å². The van der Waals surface area contributed by atoms with E-state index in [0.717, 1.165) is 27.9 Å². The Kier molecular flexibility index (Phi) is 3.42. The minimum absolute atomic E-state index is 0.000273. The lowest BCUT2D eigenvalue weighted by Gasteiger charge is -2.09. The van der Waals surface area contributed by atoms with E-state index >= 15 is 0 Å². The number of ether oxygens (including phenoxy) is 1. The fraction of sp³-hybridized carbons (Fsp3) is 0.190. The number of aromatic nitrogens is 2. The van der Waals surface area contributed by atoms with Gasteiger partial charge in [0.1, 0.15) is 11.4 Å². The van der Waals surface area contributed by atoms with Crippen LogP contribution in [0.1, 0.15) is 5.56 Å². The van der Waals surface area contributed by atoms with E-state index in [9.17, 15) is 4.79 Å². The van der Waals surface area contributed by atoms with Crippen molar-refractivity contribution in [1.29, 1.82) is 0 Å². The summed E-state index contributed by atoms with van der Waals surface area (Å²) < 4.78 is 9.04. The minimum Gasteiger partial charge on any atom is -0.497 e. The van der Waals surface area contributed by atoms with Crippen molar-refractivity contribution in [3.05, 3.63) is 64.4 Å². The highest BCUT2D eigenvalue weighted by atomic mass is 16.5. The van der Waals surface area contributed by atoms with Gasteiger partial charge in [-0.15, -0.1) is 0 Å². The van der Waals surface area contributed by atoms with Crippen LogP contribution < -0.4 is 10.3 Å². The van der Waals surface area contributed by atoms with Gasteiger partial charge < -0.3 is 9.30 Å². The van der Waals surface area contributed by atoms with Gasteiger partial charge in [0, 0.05) is 30.4 Å². The van der Waals surface area contributed by atoms with E-state index in [4.69, 9.17) is 4.74 Å². The molecule has 0 saturated heterocycles. The standard InChI is InChI=1S/C21H20N2O2/c1-13-5-10-19-17(11-13)18-12-16(14-6-8-15(25-4)9-7-14)21(24)23(3)20(18)22(19)2/h5-12H,1-4H3. The predicted octanol–water partition coefficient (Wildman–Crippen LogP) is 4.01. The van der Waals surface area contributed by atoms with Gasteiger partial charge in [-0.25, -0.2) is 0 Å². The van der Waals surface area contributed by atoms with Crippen LogP contribution in [-0.2, 0) is 14.1 Å². The van der Waals surface area contributed by atoms with Gasteiger partial charge in [0.25, 0.3) is 5.56 Å². The van der Waals surface area contributed by atoms with Crippen molar-refractivity contribution in [1.82, 2.24) is 9.13 Å². The number of fused-ring (bicyclic) bond motifs is 3. The molecule has 0 aliphatic carbocycles. The Balaban J connectivity index is 2.09. The van der Waals surface area contributed by atoms with Crippen molar-refractivity contribution < 1.29 is 4.74 Å². The molecule has 0 spiro atoms. The molecule has 0 aliphatic heterocycles. The van der Waals surface area contributed by atoms with Crippen LogP contribution in [0.4, 0.5) is 0 Å². The van der Waals surface area contributed by atoms with Gasteiger partial charge in [-0.2, -0.15) is 0 Å². The Labute approximate surface area is 145 Å². The molecule has 2 aromatic carbocycles. The first-order valence-electron chi connectivity index (χ1n) is 8.24. The number of rotatable bonds is 2. The van der Waals surface area contributed by atoms with Crippen LogP contribution in [0.3, 0.4) is 0 Å². The lowest BCUT2D eigenvalue weighted by atomic mass is 10.0. The van der Waals surface area contributed by atoms with Gasteiger partial charge in [-0.3, -0.25) is 9.36 Å². The highest BCUT2D eigenvalue weighted by molar-refractivity contribution is 6.08. The molecule has 0 atom stereocenters. The molecule has 0 unspecified atom stereocenters. The molecule has 0 saturated carbocycles. The Hall–Kier alpha value is -3.01. The molecule has 0 fully saturated rings. The van der Waals surface area contributed by atoms with Crippen molar-refractivity contribution in [3.63, 3.8) is 0 Å². The summed E-state index contributed by atoms with van der Waals surface area (Å²) in [7, 11) is 5.48. The Morgan fingerprint density at radius 3 is 2.28 bits per heavy atom. The van der Waals surface area contributed by atoms with Gasteiger partial charge in [-0.1, -0.05) is 23.8 Å². The average Bonchev–Trinajstić information content (AvgIpc) is 2.90. The quantitative estimate of drug-likeness (QED) is 0.556. The zero-order valence-corrected chi connectivity index (χ0v) is 14.8. The average molecular weight is 332 g/mol. The second kappa shape index (κ2) is 5.52. The van der Waals surface area contributed by atoms with E-state index in [1.165, 1.54) is 10.9 Å². The molecular formula is C21H20N2O2. The predicted molar refractivity (Wildman–Crippen MR) is 102 cm³/mol. The monoisotopic (exact) mass is 332 g/mol. The fourth-order valence-electron chi connectivity index (χ4n) is 3.58. The summed E-state index contributed by atoms with van der Waals surface area (Å²) in [4.78, 5) is 13.0. The molecule has 0 aliphatic rings. The third-order valence-corrected chi connectivity index (χ3v) is 4.90. The highest BCUT2D eigenvalue weighted by Crippen LogP contribution is 2.31. The van der Waals surface area contributed by atoms with Crippen LogP contribution in [0.5, 0.6) is 5.75 Å². The van der Waals surface area contributed by atoms with Crippen LogP contribution in [0.25, 0.3) is 33.1 Å². The highest BCUT2D eigenvalue weighted by Gasteiger charge is 2.15. The van der Waals surface area contributed by atoms with Gasteiger partial charge in [0.2, 0.25) is 0 Å². The van der Waals surface area contributed by atoms with Crippen LogP contribution in [-0.4, -0.2) is 16.2 Å². The van der Waals surface area contributed by atoms with E-state index in [1.54, 1.807) is 11.7 Å². The molecule has 4 aromatic rings. The summed E-state index contributed by atoms with van der Waals surface area (Å²) in [6.07, 6.45) is 0. The van der Waals surface area contributed by atoms with Gasteiger partial charge in [-0.05, 0) is 42.8 Å². The topological polar surface area (TPSA) is 36.2 Å². The molecule has 4 heteroatoms. The van der Waals surface area contributed by atoms with Gasteiger partial charge in [0.05, 0.1) is 12.6 Å². The Morgan fingerprint density at radius 1 is 0.880 bits per heavy atom. The zero-order chi connectivity index (χ0) is 17.7. The molecule has 2 aromatic heterocycles. The Morgan fingerprint density at radius 2 is 1.60 bits per heavy atom. The number of aryl methyl sites for hydroxylation is 3. The molecule has 25 heavy (non-hydrogen) atoms. The van der Waals surface area contributed by atoms with Crippen LogP contribution in [0, 0.1) is 6.92 Å². The molecular weight excluding hydrogens is 312 g/mol. The van der Waals surface area contributed by atoms with E-state index < -0.39 is 0 Å². The van der Waals surface area contributed by atoms with E-state index in [0.29, 0.717) is 5.56 Å². The third kappa shape index (κ3) is 2.25. The second-order valence-electron chi connectivity index (χ2n) is 6.47. The van der Waals surface area contributed by atoms with Crippen LogP contribution in [0.15, 0.2) is 53.3 Å². The van der Waals surface area contributed by atoms with Crippen LogP contribution >= 0.6 is 0 Å². The van der Waals surface area contributed by atoms with Gasteiger partial charge >= 0.3 is 0 Å². The number of hydrogen-bond acceptors (Lipinski definition) is 2. The Bertz CT molecular complexity index is 1160. The van der Waals surface area contributed by atoms with E-state index in [1.807, 2.05) is 44.4 Å². The summed E-state index contributed by atoms with van der Waals surface area (Å²) in [5.74, 6) is 0.780. The number of benzene rings is 2. The molecule has 0 bridgehead atoms. The zero-order valence-electron chi connectivity index (χ0n) is 14.8. The minimum atomic E-state index is 0.000273. The molecule has 0 N–H and O–H groups in total. The van der Waals surface area contributed by atoms with Crippen molar-refractivity contribution in [2.45, 2.75) is 6.92 Å². The molecule has 126 valence electrons. The lowest BCUT2D eigenvalue weighted by Crippen LogP contribution is -2.20. The van der Waals surface area contributed by atoms with E-state index in [-0.39, 0.29) is 5.56 Å². The number of pyridine rings is 1. The van der Waals surface area contributed by atoms with Gasteiger partial charge in [0.15, 0.2) is 0 Å². The summed E-state index contributed by atoms with van der Waals surface area (Å²) in [5.41, 5.74) is 4.87. The normalized spacial score (nSPS) is 11.4. The molecule has 0 amide bonds. The maximum Gasteiger partial charge on any atom is 0.259 e. The number of methoxy groups -OCH3 is 1. The largest absolute Gasteiger partial charge is 0.497 e.